The molecule has 6 rings (SSSR count). The Morgan fingerprint density at radius 3 is 2.53 bits per heavy atom. The highest BCUT2D eigenvalue weighted by atomic mass is 32.1. The van der Waals surface area contributed by atoms with Gasteiger partial charge in [-0.05, 0) is 35.7 Å². The predicted molar refractivity (Wildman–Crippen MR) is 125 cm³/mol. The number of piperidine rings is 1. The van der Waals surface area contributed by atoms with Crippen LogP contribution in [0.15, 0.2) is 48.5 Å². The van der Waals surface area contributed by atoms with Crippen LogP contribution in [0.1, 0.15) is 12.8 Å². The van der Waals surface area contributed by atoms with E-state index in [0.717, 1.165) is 32.3 Å². The van der Waals surface area contributed by atoms with Gasteiger partial charge in [0.1, 0.15) is 36.2 Å². The summed E-state index contributed by atoms with van der Waals surface area (Å²) in [5.74, 6) is -0.338. The number of hydrogen-bond donors (Lipinski definition) is 1. The van der Waals surface area contributed by atoms with Crippen LogP contribution < -0.4 is 10.4 Å². The molecule has 0 radical (unpaired) electrons. The Balaban J connectivity index is 0.000000764. The molecule has 5 atom stereocenters. The van der Waals surface area contributed by atoms with E-state index in [0.29, 0.717) is 35.5 Å². The Morgan fingerprint density at radius 2 is 1.85 bits per heavy atom. The van der Waals surface area contributed by atoms with E-state index >= 15 is 0 Å². The van der Waals surface area contributed by atoms with Gasteiger partial charge in [-0.1, -0.05) is 18.2 Å². The number of fused-ring (bicyclic) bond motifs is 6. The Bertz CT molecular complexity index is 1190. The molecule has 178 valence electrons. The number of morpholine rings is 1. The molecule has 1 N–H and O–H groups in total. The summed E-state index contributed by atoms with van der Waals surface area (Å²) in [5, 5.41) is 12.2. The van der Waals surface area contributed by atoms with Crippen LogP contribution in [0.4, 0.5) is 14.9 Å². The molecule has 3 aliphatic heterocycles. The SMILES string of the molecule is C[N+]1(C)[C@@H]2CC(OC(=O)Nc3ccc(F)cc3-c3cc4ccccc4s3)C[C@H]1[C@@H]1O[C@@H]12.O=C[O-]. The number of anilines is 1. The molecule has 0 saturated carbocycles. The number of benzene rings is 2. The molecular weight excluding hydrogens is 459 g/mol. The van der Waals surface area contributed by atoms with Crippen LogP contribution in [-0.4, -0.2) is 61.5 Å². The van der Waals surface area contributed by atoms with Gasteiger partial charge in [-0.25, -0.2) is 9.18 Å². The maximum Gasteiger partial charge on any atom is 0.411 e. The zero-order chi connectivity index (χ0) is 24.0. The van der Waals surface area contributed by atoms with E-state index < -0.39 is 12.6 Å². The van der Waals surface area contributed by atoms with E-state index in [9.17, 15) is 9.18 Å². The molecule has 3 aliphatic rings. The Hall–Kier alpha value is -3.01. The van der Waals surface area contributed by atoms with Crippen molar-refractivity contribution < 1.29 is 33.0 Å². The normalized spacial score (nSPS) is 27.8. The second-order valence-electron chi connectivity index (χ2n) is 9.39. The first-order chi connectivity index (χ1) is 16.3. The average molecular weight is 485 g/mol. The molecule has 7 nitrogen and oxygen atoms in total. The standard InChI is InChI=1S/C24H23FN2O3S.CH2O2/c1-27(2)18-11-15(12-19(27)23-22(18)30-23)29-24(28)26-17-8-7-14(25)10-16(17)21-9-13-5-3-4-6-20(13)31-21;2-1-3/h3-10,15,18-19,22-23H,11-12H2,1-2H3;1H,(H,2,3)/t15?,18-,19+,22-,23+;. The van der Waals surface area contributed by atoms with Gasteiger partial charge in [0, 0.05) is 34.5 Å². The second kappa shape index (κ2) is 8.65. The van der Waals surface area contributed by atoms with Gasteiger partial charge in [0.15, 0.2) is 0 Å². The topological polar surface area (TPSA) is 91.0 Å². The van der Waals surface area contributed by atoms with Crippen molar-refractivity contribution in [3.63, 3.8) is 0 Å². The van der Waals surface area contributed by atoms with E-state index in [1.54, 1.807) is 17.4 Å². The minimum Gasteiger partial charge on any atom is -0.554 e. The van der Waals surface area contributed by atoms with Crippen molar-refractivity contribution in [2.75, 3.05) is 19.4 Å². The van der Waals surface area contributed by atoms with Crippen molar-refractivity contribution in [1.29, 1.82) is 0 Å². The summed E-state index contributed by atoms with van der Waals surface area (Å²) in [6, 6.07) is 15.2. The van der Waals surface area contributed by atoms with Gasteiger partial charge >= 0.3 is 6.09 Å². The molecule has 4 heterocycles. The summed E-state index contributed by atoms with van der Waals surface area (Å²) >= 11 is 1.57. The first-order valence-corrected chi connectivity index (χ1v) is 11.9. The summed E-state index contributed by atoms with van der Waals surface area (Å²) in [7, 11) is 4.49. The van der Waals surface area contributed by atoms with Crippen LogP contribution in [0, 0.1) is 5.82 Å². The molecule has 9 heteroatoms. The van der Waals surface area contributed by atoms with Gasteiger partial charge in [-0.2, -0.15) is 0 Å². The van der Waals surface area contributed by atoms with Crippen LogP contribution in [0.2, 0.25) is 0 Å². The van der Waals surface area contributed by atoms with E-state index in [1.165, 1.54) is 12.1 Å². The molecular formula is C25H25FN2O5S. The third kappa shape index (κ3) is 4.04. The number of epoxide rings is 1. The number of halogens is 1. The lowest BCUT2D eigenvalue weighted by Crippen LogP contribution is -2.60. The molecule has 1 unspecified atom stereocenters. The molecule has 2 bridgehead atoms. The maximum atomic E-state index is 14.1. The summed E-state index contributed by atoms with van der Waals surface area (Å²) < 4.78 is 27.7. The summed E-state index contributed by atoms with van der Waals surface area (Å²) in [6.07, 6.45) is 1.64. The molecule has 3 aromatic rings. The fourth-order valence-corrected chi connectivity index (χ4v) is 6.63. The summed E-state index contributed by atoms with van der Waals surface area (Å²) in [4.78, 5) is 21.9. The van der Waals surface area contributed by atoms with E-state index in [2.05, 4.69) is 19.4 Å². The predicted octanol–water partition coefficient (Wildman–Crippen LogP) is 3.38. The largest absolute Gasteiger partial charge is 0.554 e. The van der Waals surface area contributed by atoms with Crippen molar-refractivity contribution in [3.8, 4) is 10.4 Å². The van der Waals surface area contributed by atoms with Crippen molar-refractivity contribution in [3.05, 3.63) is 54.3 Å². The van der Waals surface area contributed by atoms with Crippen LogP contribution in [-0.2, 0) is 14.3 Å². The number of carbonyl (C=O) groups excluding carboxylic acids is 2. The fraction of sp³-hybridized carbons (Fsp3) is 0.360. The lowest BCUT2D eigenvalue weighted by Gasteiger charge is -2.45. The van der Waals surface area contributed by atoms with Crippen molar-refractivity contribution in [2.45, 2.75) is 43.2 Å². The number of carboxylic acid groups (broad SMARTS) is 1. The van der Waals surface area contributed by atoms with Gasteiger partial charge in [-0.15, -0.1) is 11.3 Å². The van der Waals surface area contributed by atoms with Gasteiger partial charge in [0.25, 0.3) is 0 Å². The molecule has 1 amide bonds. The number of nitrogens with one attached hydrogen (secondary N) is 1. The molecule has 1 aromatic heterocycles. The van der Waals surface area contributed by atoms with Crippen LogP contribution in [0.5, 0.6) is 0 Å². The van der Waals surface area contributed by atoms with Gasteiger partial charge in [-0.3, -0.25) is 5.32 Å². The van der Waals surface area contributed by atoms with Crippen molar-refractivity contribution in [1.82, 2.24) is 0 Å². The average Bonchev–Trinajstić information content (AvgIpc) is 3.42. The number of thiophene rings is 1. The van der Waals surface area contributed by atoms with Gasteiger partial charge < -0.3 is 23.9 Å². The lowest BCUT2D eigenvalue weighted by atomic mass is 9.96. The molecule has 2 aromatic carbocycles. The zero-order valence-corrected chi connectivity index (χ0v) is 19.6. The molecule has 0 spiro atoms. The number of quaternary nitrogens is 1. The van der Waals surface area contributed by atoms with Gasteiger partial charge in [0.05, 0.1) is 19.8 Å². The van der Waals surface area contributed by atoms with E-state index in [1.807, 2.05) is 30.3 Å². The van der Waals surface area contributed by atoms with Crippen LogP contribution in [0.3, 0.4) is 0 Å². The number of nitrogens with zero attached hydrogens (tertiary/aromatic N) is 1. The summed E-state index contributed by atoms with van der Waals surface area (Å²) in [6.45, 7) is -0.500. The number of hydrogen-bond acceptors (Lipinski definition) is 6. The molecule has 34 heavy (non-hydrogen) atoms. The first-order valence-electron chi connectivity index (χ1n) is 11.1. The number of rotatable bonds is 3. The van der Waals surface area contributed by atoms with E-state index in [4.69, 9.17) is 19.4 Å². The quantitative estimate of drug-likeness (QED) is 0.350. The highest BCUT2D eigenvalue weighted by Gasteiger charge is 2.70. The number of ether oxygens (including phenoxy) is 2. The Kier molecular flexibility index (Phi) is 5.79. The highest BCUT2D eigenvalue weighted by molar-refractivity contribution is 7.22. The molecule has 0 aliphatic carbocycles. The Labute approximate surface area is 200 Å². The smallest absolute Gasteiger partial charge is 0.411 e. The third-order valence-corrected chi connectivity index (χ3v) is 8.37. The van der Waals surface area contributed by atoms with Gasteiger partial charge in [0.2, 0.25) is 0 Å². The fourth-order valence-electron chi connectivity index (χ4n) is 5.54. The Morgan fingerprint density at radius 1 is 1.18 bits per heavy atom. The number of likely N-dealkylation sites (N-methyl/N-ethyl adjacent to an activating group) is 1. The zero-order valence-electron chi connectivity index (χ0n) is 18.8. The van der Waals surface area contributed by atoms with Crippen molar-refractivity contribution in [2.24, 2.45) is 0 Å². The monoisotopic (exact) mass is 484 g/mol. The van der Waals surface area contributed by atoms with Crippen LogP contribution in [0.25, 0.3) is 20.5 Å². The molecule has 3 saturated heterocycles. The highest BCUT2D eigenvalue weighted by Crippen LogP contribution is 2.51. The maximum absolute atomic E-state index is 14.1. The number of carbonyl (C=O) groups is 2. The minimum atomic E-state index is -0.500. The van der Waals surface area contributed by atoms with Crippen molar-refractivity contribution >= 4 is 39.7 Å². The molecule has 3 fully saturated rings. The first kappa shape index (κ1) is 22.8. The van der Waals surface area contributed by atoms with E-state index in [-0.39, 0.29) is 11.9 Å². The van der Waals surface area contributed by atoms with Crippen LogP contribution >= 0.6 is 11.3 Å². The minimum absolute atomic E-state index is 0.120. The summed E-state index contributed by atoms with van der Waals surface area (Å²) in [5.41, 5.74) is 1.22. The lowest BCUT2D eigenvalue weighted by molar-refractivity contribution is -0.938. The second-order valence-corrected chi connectivity index (χ2v) is 10.5. The third-order valence-electron chi connectivity index (χ3n) is 7.22. The number of amides is 1.